The Morgan fingerprint density at radius 1 is 1.40 bits per heavy atom. The number of halogens is 1. The smallest absolute Gasteiger partial charge is 0.257 e. The maximum atomic E-state index is 11.7. The van der Waals surface area contributed by atoms with Crippen molar-refractivity contribution in [2.75, 3.05) is 19.4 Å². The van der Waals surface area contributed by atoms with Crippen LogP contribution in [0.25, 0.3) is 5.57 Å². The summed E-state index contributed by atoms with van der Waals surface area (Å²) in [6.45, 7) is 0. The second-order valence-corrected chi connectivity index (χ2v) is 4.57. The van der Waals surface area contributed by atoms with Gasteiger partial charge in [0.1, 0.15) is 0 Å². The first-order chi connectivity index (χ1) is 7.08. The molecule has 0 saturated carbocycles. The molecule has 0 radical (unpaired) electrons. The summed E-state index contributed by atoms with van der Waals surface area (Å²) < 4.78 is 0.974. The van der Waals surface area contributed by atoms with Crippen molar-refractivity contribution in [1.82, 2.24) is 4.90 Å². The summed E-state index contributed by atoms with van der Waals surface area (Å²) in [7, 11) is 3.80. The molecule has 78 valence electrons. The van der Waals surface area contributed by atoms with Gasteiger partial charge in [-0.1, -0.05) is 15.9 Å². The van der Waals surface area contributed by atoms with Gasteiger partial charge < -0.3 is 10.2 Å². The number of benzene rings is 1. The summed E-state index contributed by atoms with van der Waals surface area (Å²) in [4.78, 5) is 13.5. The van der Waals surface area contributed by atoms with Crippen LogP contribution in [0.3, 0.4) is 0 Å². The van der Waals surface area contributed by atoms with Gasteiger partial charge in [0.15, 0.2) is 0 Å². The minimum atomic E-state index is -0.0446. The van der Waals surface area contributed by atoms with Crippen LogP contribution in [0.4, 0.5) is 5.69 Å². The fourth-order valence-electron chi connectivity index (χ4n) is 1.55. The molecule has 1 aromatic rings. The minimum absolute atomic E-state index is 0.0446. The standard InChI is InChI=1S/C11H11BrN2O/c1-14(2)6-9-8-5-7(12)3-4-10(8)13-11(9)15/h3-6H,1-2H3,(H,13,15)/b9-6-. The molecule has 0 fully saturated rings. The summed E-state index contributed by atoms with van der Waals surface area (Å²) in [5.74, 6) is -0.0446. The predicted octanol–water partition coefficient (Wildman–Crippen LogP) is 2.30. The second-order valence-electron chi connectivity index (χ2n) is 3.65. The van der Waals surface area contributed by atoms with Gasteiger partial charge in [-0.05, 0) is 18.2 Å². The third-order valence-corrected chi connectivity index (χ3v) is 2.65. The number of fused-ring (bicyclic) bond motifs is 1. The molecule has 1 amide bonds. The van der Waals surface area contributed by atoms with E-state index in [1.807, 2.05) is 43.4 Å². The second kappa shape index (κ2) is 3.70. The summed E-state index contributed by atoms with van der Waals surface area (Å²) >= 11 is 3.40. The molecule has 0 aliphatic carbocycles. The molecule has 1 aromatic carbocycles. The van der Waals surface area contributed by atoms with E-state index >= 15 is 0 Å². The van der Waals surface area contributed by atoms with Crippen molar-refractivity contribution >= 4 is 33.1 Å². The number of amides is 1. The zero-order valence-corrected chi connectivity index (χ0v) is 10.1. The van der Waals surface area contributed by atoms with Crippen molar-refractivity contribution in [3.8, 4) is 0 Å². The number of carbonyl (C=O) groups excluding carboxylic acids is 1. The molecular formula is C11H11BrN2O. The summed E-state index contributed by atoms with van der Waals surface area (Å²) in [5, 5.41) is 2.83. The fourth-order valence-corrected chi connectivity index (χ4v) is 1.91. The van der Waals surface area contributed by atoms with Crippen LogP contribution < -0.4 is 5.32 Å². The van der Waals surface area contributed by atoms with Gasteiger partial charge in [-0.25, -0.2) is 0 Å². The lowest BCUT2D eigenvalue weighted by molar-refractivity contribution is -0.110. The van der Waals surface area contributed by atoms with Crippen LogP contribution in [0.5, 0.6) is 0 Å². The quantitative estimate of drug-likeness (QED) is 0.792. The van der Waals surface area contributed by atoms with Crippen molar-refractivity contribution in [2.45, 2.75) is 0 Å². The fraction of sp³-hybridized carbons (Fsp3) is 0.182. The topological polar surface area (TPSA) is 32.3 Å². The molecule has 1 N–H and O–H groups in total. The van der Waals surface area contributed by atoms with Crippen LogP contribution in [-0.2, 0) is 4.79 Å². The number of anilines is 1. The van der Waals surface area contributed by atoms with Gasteiger partial charge >= 0.3 is 0 Å². The Hall–Kier alpha value is -1.29. The third kappa shape index (κ3) is 1.90. The normalized spacial score (nSPS) is 16.5. The van der Waals surface area contributed by atoms with Crippen LogP contribution in [0, 0.1) is 0 Å². The molecule has 0 saturated heterocycles. The van der Waals surface area contributed by atoms with Gasteiger partial charge in [0, 0.05) is 36.0 Å². The van der Waals surface area contributed by atoms with Crippen molar-refractivity contribution in [1.29, 1.82) is 0 Å². The first-order valence-electron chi connectivity index (χ1n) is 4.57. The zero-order chi connectivity index (χ0) is 11.0. The van der Waals surface area contributed by atoms with Crippen LogP contribution in [0.1, 0.15) is 5.56 Å². The van der Waals surface area contributed by atoms with E-state index in [1.165, 1.54) is 0 Å². The Morgan fingerprint density at radius 2 is 2.13 bits per heavy atom. The molecule has 4 heteroatoms. The number of carbonyl (C=O) groups is 1. The number of nitrogens with zero attached hydrogens (tertiary/aromatic N) is 1. The van der Waals surface area contributed by atoms with Gasteiger partial charge in [-0.15, -0.1) is 0 Å². The number of nitrogens with one attached hydrogen (secondary N) is 1. The maximum Gasteiger partial charge on any atom is 0.257 e. The van der Waals surface area contributed by atoms with Crippen LogP contribution >= 0.6 is 15.9 Å². The lowest BCUT2D eigenvalue weighted by Crippen LogP contribution is -2.08. The van der Waals surface area contributed by atoms with E-state index in [4.69, 9.17) is 0 Å². The average molecular weight is 267 g/mol. The van der Waals surface area contributed by atoms with E-state index in [1.54, 1.807) is 0 Å². The summed E-state index contributed by atoms with van der Waals surface area (Å²) in [5.41, 5.74) is 2.52. The lowest BCUT2D eigenvalue weighted by Gasteiger charge is -2.06. The first-order valence-corrected chi connectivity index (χ1v) is 5.37. The van der Waals surface area contributed by atoms with Crippen LogP contribution in [0.15, 0.2) is 28.9 Å². The number of hydrogen-bond acceptors (Lipinski definition) is 2. The minimum Gasteiger partial charge on any atom is -0.383 e. The highest BCUT2D eigenvalue weighted by Gasteiger charge is 2.24. The lowest BCUT2D eigenvalue weighted by atomic mass is 10.1. The monoisotopic (exact) mass is 266 g/mol. The molecule has 0 atom stereocenters. The molecule has 1 aliphatic heterocycles. The molecule has 15 heavy (non-hydrogen) atoms. The Morgan fingerprint density at radius 3 is 2.80 bits per heavy atom. The zero-order valence-electron chi connectivity index (χ0n) is 8.54. The van der Waals surface area contributed by atoms with E-state index in [0.717, 1.165) is 15.7 Å². The molecule has 0 aromatic heterocycles. The highest BCUT2D eigenvalue weighted by atomic mass is 79.9. The van der Waals surface area contributed by atoms with Gasteiger partial charge in [0.25, 0.3) is 5.91 Å². The van der Waals surface area contributed by atoms with Gasteiger partial charge in [-0.2, -0.15) is 0 Å². The van der Waals surface area contributed by atoms with Gasteiger partial charge in [-0.3, -0.25) is 4.79 Å². The van der Waals surface area contributed by atoms with Crippen molar-refractivity contribution in [3.63, 3.8) is 0 Å². The van der Waals surface area contributed by atoms with E-state index < -0.39 is 0 Å². The summed E-state index contributed by atoms with van der Waals surface area (Å²) in [6.07, 6.45) is 1.83. The van der Waals surface area contributed by atoms with Gasteiger partial charge in [0.2, 0.25) is 0 Å². The van der Waals surface area contributed by atoms with Crippen LogP contribution in [-0.4, -0.2) is 24.9 Å². The van der Waals surface area contributed by atoms with E-state index in [2.05, 4.69) is 21.2 Å². The maximum absolute atomic E-state index is 11.7. The largest absolute Gasteiger partial charge is 0.383 e. The van der Waals surface area contributed by atoms with Crippen molar-refractivity contribution in [3.05, 3.63) is 34.4 Å². The molecule has 1 aliphatic rings. The predicted molar refractivity (Wildman–Crippen MR) is 64.4 cm³/mol. The molecule has 3 nitrogen and oxygen atoms in total. The van der Waals surface area contributed by atoms with Gasteiger partial charge in [0.05, 0.1) is 5.57 Å². The highest BCUT2D eigenvalue weighted by molar-refractivity contribution is 9.10. The Balaban J connectivity index is 2.53. The Labute approximate surface area is 96.9 Å². The third-order valence-electron chi connectivity index (χ3n) is 2.15. The molecule has 0 spiro atoms. The highest BCUT2D eigenvalue weighted by Crippen LogP contribution is 2.33. The molecule has 2 rings (SSSR count). The molecular weight excluding hydrogens is 256 g/mol. The Kier molecular flexibility index (Phi) is 2.52. The number of hydrogen-bond donors (Lipinski definition) is 1. The Bertz CT molecular complexity index is 452. The average Bonchev–Trinajstić information content (AvgIpc) is 2.43. The van der Waals surface area contributed by atoms with E-state index in [9.17, 15) is 4.79 Å². The molecule has 0 bridgehead atoms. The summed E-state index contributed by atoms with van der Waals surface area (Å²) in [6, 6.07) is 5.76. The molecule has 0 unspecified atom stereocenters. The SMILES string of the molecule is CN(C)/C=C1\C(=O)Nc2ccc(Br)cc21. The van der Waals surface area contributed by atoms with Crippen LogP contribution in [0.2, 0.25) is 0 Å². The van der Waals surface area contributed by atoms with Crippen molar-refractivity contribution < 1.29 is 4.79 Å². The first kappa shape index (κ1) is 10.2. The molecule has 1 heterocycles. The number of rotatable bonds is 1. The van der Waals surface area contributed by atoms with E-state index in [-0.39, 0.29) is 5.91 Å². The van der Waals surface area contributed by atoms with Crippen molar-refractivity contribution in [2.24, 2.45) is 0 Å². The van der Waals surface area contributed by atoms with E-state index in [0.29, 0.717) is 5.57 Å².